The fourth-order valence-electron chi connectivity index (χ4n) is 2.41. The Labute approximate surface area is 128 Å². The first-order valence-electron chi connectivity index (χ1n) is 7.75. The maximum atomic E-state index is 12.5. The van der Waals surface area contributed by atoms with Gasteiger partial charge in [-0.15, -0.1) is 0 Å². The molecule has 0 saturated carbocycles. The molecule has 1 rings (SSSR count). The van der Waals surface area contributed by atoms with Gasteiger partial charge in [-0.3, -0.25) is 9.69 Å². The minimum absolute atomic E-state index is 0.136. The fraction of sp³-hybridized carbons (Fsp3) is 0.588. The van der Waals surface area contributed by atoms with Crippen LogP contribution in [-0.4, -0.2) is 49.2 Å². The van der Waals surface area contributed by atoms with Crippen molar-refractivity contribution in [2.45, 2.75) is 33.1 Å². The molecule has 4 heteroatoms. The van der Waals surface area contributed by atoms with Crippen molar-refractivity contribution in [1.82, 2.24) is 4.90 Å². The number of nitrogens with zero attached hydrogens (tertiary/aromatic N) is 2. The number of carbonyl (C=O) groups excluding carboxylic acids is 1. The third kappa shape index (κ3) is 5.86. The molecule has 0 saturated heterocycles. The summed E-state index contributed by atoms with van der Waals surface area (Å²) in [5.74, 6) is 0.136. The van der Waals surface area contributed by atoms with E-state index in [9.17, 15) is 4.79 Å². The minimum Gasteiger partial charge on any atom is -0.396 e. The third-order valence-corrected chi connectivity index (χ3v) is 3.63. The van der Waals surface area contributed by atoms with Gasteiger partial charge in [-0.1, -0.05) is 18.2 Å². The molecule has 1 amide bonds. The Bertz CT molecular complexity index is 435. The molecule has 0 atom stereocenters. The van der Waals surface area contributed by atoms with E-state index >= 15 is 0 Å². The number of rotatable bonds is 9. The van der Waals surface area contributed by atoms with Crippen LogP contribution < -0.4 is 4.90 Å². The maximum Gasteiger partial charge on any atom is 0.241 e. The summed E-state index contributed by atoms with van der Waals surface area (Å²) in [4.78, 5) is 16.4. The van der Waals surface area contributed by atoms with Crippen molar-refractivity contribution in [3.63, 3.8) is 0 Å². The second-order valence-electron chi connectivity index (χ2n) is 5.45. The Morgan fingerprint density at radius 2 is 1.90 bits per heavy atom. The van der Waals surface area contributed by atoms with Crippen molar-refractivity contribution in [2.75, 3.05) is 38.2 Å². The monoisotopic (exact) mass is 292 g/mol. The van der Waals surface area contributed by atoms with Crippen LogP contribution in [0.4, 0.5) is 5.69 Å². The molecule has 0 heterocycles. The second kappa shape index (κ2) is 9.53. The fourth-order valence-corrected chi connectivity index (χ4v) is 2.41. The minimum atomic E-state index is 0.136. The molecule has 0 unspecified atom stereocenters. The van der Waals surface area contributed by atoms with Gasteiger partial charge in [0.1, 0.15) is 0 Å². The summed E-state index contributed by atoms with van der Waals surface area (Å²) in [6.07, 6.45) is 2.86. The quantitative estimate of drug-likeness (QED) is 0.711. The number of aliphatic hydroxyl groups excluding tert-OH is 1. The lowest BCUT2D eigenvalue weighted by molar-refractivity contribution is -0.119. The topological polar surface area (TPSA) is 43.8 Å². The zero-order valence-corrected chi connectivity index (χ0v) is 13.5. The van der Waals surface area contributed by atoms with Gasteiger partial charge in [-0.25, -0.2) is 0 Å². The number of unbranched alkanes of at least 4 members (excludes halogenated alkanes) is 2. The molecular formula is C17H28N2O2. The molecule has 0 radical (unpaired) electrons. The van der Waals surface area contributed by atoms with Gasteiger partial charge in [0, 0.05) is 18.8 Å². The largest absolute Gasteiger partial charge is 0.396 e. The molecule has 1 aromatic carbocycles. The number of amides is 1. The molecule has 0 aliphatic heterocycles. The normalized spacial score (nSPS) is 10.9. The number of para-hydroxylation sites is 1. The summed E-state index contributed by atoms with van der Waals surface area (Å²) in [5.41, 5.74) is 2.12. The van der Waals surface area contributed by atoms with Crippen LogP contribution >= 0.6 is 0 Å². The number of benzene rings is 1. The molecular weight excluding hydrogens is 264 g/mol. The highest BCUT2D eigenvalue weighted by atomic mass is 16.2. The molecule has 0 bridgehead atoms. The number of likely N-dealkylation sites (N-methyl/N-ethyl adjacent to an activating group) is 2. The Kier molecular flexibility index (Phi) is 8.01. The van der Waals surface area contributed by atoms with E-state index in [4.69, 9.17) is 5.11 Å². The Morgan fingerprint density at radius 3 is 2.52 bits per heavy atom. The average Bonchev–Trinajstić information content (AvgIpc) is 2.46. The first-order valence-corrected chi connectivity index (χ1v) is 7.75. The first-order chi connectivity index (χ1) is 10.1. The van der Waals surface area contributed by atoms with Crippen LogP contribution in [-0.2, 0) is 4.79 Å². The lowest BCUT2D eigenvalue weighted by Crippen LogP contribution is -2.39. The second-order valence-corrected chi connectivity index (χ2v) is 5.45. The summed E-state index contributed by atoms with van der Waals surface area (Å²) < 4.78 is 0. The van der Waals surface area contributed by atoms with Crippen molar-refractivity contribution >= 4 is 11.6 Å². The van der Waals surface area contributed by atoms with Gasteiger partial charge < -0.3 is 10.0 Å². The lowest BCUT2D eigenvalue weighted by Gasteiger charge is -2.25. The highest BCUT2D eigenvalue weighted by molar-refractivity contribution is 5.95. The number of hydrogen-bond donors (Lipinski definition) is 1. The molecule has 21 heavy (non-hydrogen) atoms. The molecule has 0 aliphatic rings. The summed E-state index contributed by atoms with van der Waals surface area (Å²) in [7, 11) is 1.97. The van der Waals surface area contributed by atoms with Crippen molar-refractivity contribution in [3.05, 3.63) is 29.8 Å². The van der Waals surface area contributed by atoms with Gasteiger partial charge in [0.2, 0.25) is 5.91 Å². The summed E-state index contributed by atoms with van der Waals surface area (Å²) in [6, 6.07) is 7.99. The number of anilines is 1. The predicted molar refractivity (Wildman–Crippen MR) is 87.6 cm³/mol. The van der Waals surface area contributed by atoms with Crippen LogP contribution in [0.5, 0.6) is 0 Å². The standard InChI is InChI=1S/C17H28N2O2/c1-4-19(16-11-7-6-10-15(16)2)17(21)14-18(3)12-8-5-9-13-20/h6-7,10-11,20H,4-5,8-9,12-14H2,1-3H3. The molecule has 0 fully saturated rings. The van der Waals surface area contributed by atoms with Gasteiger partial charge in [-0.05, 0) is 58.3 Å². The first kappa shape index (κ1) is 17.7. The van der Waals surface area contributed by atoms with Gasteiger partial charge >= 0.3 is 0 Å². The summed E-state index contributed by atoms with van der Waals surface area (Å²) in [5, 5.41) is 8.76. The summed E-state index contributed by atoms with van der Waals surface area (Å²) >= 11 is 0. The van der Waals surface area contributed by atoms with Crippen LogP contribution in [0.25, 0.3) is 0 Å². The molecule has 0 aliphatic carbocycles. The van der Waals surface area contributed by atoms with Gasteiger partial charge in [0.05, 0.1) is 6.54 Å². The highest BCUT2D eigenvalue weighted by Gasteiger charge is 2.16. The number of carbonyl (C=O) groups is 1. The average molecular weight is 292 g/mol. The van der Waals surface area contributed by atoms with E-state index in [1.165, 1.54) is 0 Å². The lowest BCUT2D eigenvalue weighted by atomic mass is 10.1. The van der Waals surface area contributed by atoms with Crippen molar-refractivity contribution in [3.8, 4) is 0 Å². The maximum absolute atomic E-state index is 12.5. The van der Waals surface area contributed by atoms with Crippen LogP contribution in [0.1, 0.15) is 31.7 Å². The molecule has 0 spiro atoms. The van der Waals surface area contributed by atoms with Crippen LogP contribution in [0, 0.1) is 6.92 Å². The molecule has 0 aromatic heterocycles. The van der Waals surface area contributed by atoms with E-state index in [1.807, 2.05) is 50.1 Å². The van der Waals surface area contributed by atoms with Gasteiger partial charge in [0.25, 0.3) is 0 Å². The van der Waals surface area contributed by atoms with E-state index in [-0.39, 0.29) is 12.5 Å². The van der Waals surface area contributed by atoms with Gasteiger partial charge in [0.15, 0.2) is 0 Å². The smallest absolute Gasteiger partial charge is 0.241 e. The third-order valence-electron chi connectivity index (χ3n) is 3.63. The Morgan fingerprint density at radius 1 is 1.19 bits per heavy atom. The molecule has 1 N–H and O–H groups in total. The predicted octanol–water partition coefficient (Wildman–Crippen LogP) is 2.44. The number of aliphatic hydroxyl groups is 1. The number of hydrogen-bond acceptors (Lipinski definition) is 3. The van der Waals surface area contributed by atoms with Crippen molar-refractivity contribution in [1.29, 1.82) is 0 Å². The number of aryl methyl sites for hydroxylation is 1. The van der Waals surface area contributed by atoms with Crippen molar-refractivity contribution < 1.29 is 9.90 Å². The van der Waals surface area contributed by atoms with Crippen LogP contribution in [0.15, 0.2) is 24.3 Å². The van der Waals surface area contributed by atoms with Gasteiger partial charge in [-0.2, -0.15) is 0 Å². The van der Waals surface area contributed by atoms with Crippen LogP contribution in [0.2, 0.25) is 0 Å². The van der Waals surface area contributed by atoms with E-state index in [2.05, 4.69) is 4.90 Å². The van der Waals surface area contributed by atoms with E-state index in [0.29, 0.717) is 13.1 Å². The Hall–Kier alpha value is -1.39. The van der Waals surface area contributed by atoms with Crippen molar-refractivity contribution in [2.24, 2.45) is 0 Å². The van der Waals surface area contributed by atoms with E-state index < -0.39 is 0 Å². The molecule has 4 nitrogen and oxygen atoms in total. The summed E-state index contributed by atoms with van der Waals surface area (Å²) in [6.45, 7) is 6.29. The zero-order valence-electron chi connectivity index (χ0n) is 13.5. The highest BCUT2D eigenvalue weighted by Crippen LogP contribution is 2.19. The van der Waals surface area contributed by atoms with E-state index in [1.54, 1.807) is 0 Å². The SMILES string of the molecule is CCN(C(=O)CN(C)CCCCCO)c1ccccc1C. The van der Waals surface area contributed by atoms with E-state index in [0.717, 1.165) is 37.1 Å². The molecule has 1 aromatic rings. The zero-order chi connectivity index (χ0) is 15.7. The molecule has 118 valence electrons. The Balaban J connectivity index is 2.54. The van der Waals surface area contributed by atoms with Crippen LogP contribution in [0.3, 0.4) is 0 Å².